The van der Waals surface area contributed by atoms with Crippen LogP contribution in [0.5, 0.6) is 6.01 Å². The molecule has 3 heterocycles. The van der Waals surface area contributed by atoms with Gasteiger partial charge >= 0.3 is 6.01 Å². The van der Waals surface area contributed by atoms with Crippen LogP contribution in [0, 0.1) is 0 Å². The Labute approximate surface area is 161 Å². The molecule has 0 atom stereocenters. The number of piperidine rings is 1. The molecule has 8 heteroatoms. The van der Waals surface area contributed by atoms with Gasteiger partial charge in [-0.25, -0.2) is 9.97 Å². The van der Waals surface area contributed by atoms with Crippen molar-refractivity contribution in [2.45, 2.75) is 18.9 Å². The highest BCUT2D eigenvalue weighted by atomic mass is 16.5. The molecule has 2 aromatic heterocycles. The van der Waals surface area contributed by atoms with E-state index in [0.29, 0.717) is 30.4 Å². The number of aromatic amines is 1. The van der Waals surface area contributed by atoms with Crippen LogP contribution in [0.4, 0.5) is 0 Å². The van der Waals surface area contributed by atoms with Crippen LogP contribution in [0.25, 0.3) is 11.3 Å². The number of aromatic nitrogens is 4. The predicted molar refractivity (Wildman–Crippen MR) is 102 cm³/mol. The van der Waals surface area contributed by atoms with E-state index in [9.17, 15) is 9.59 Å². The fourth-order valence-electron chi connectivity index (χ4n) is 3.20. The first kappa shape index (κ1) is 17.8. The van der Waals surface area contributed by atoms with Crippen molar-refractivity contribution in [1.82, 2.24) is 24.8 Å². The lowest BCUT2D eigenvalue weighted by Crippen LogP contribution is -2.41. The van der Waals surface area contributed by atoms with Crippen molar-refractivity contribution in [1.29, 1.82) is 0 Å². The quantitative estimate of drug-likeness (QED) is 0.745. The van der Waals surface area contributed by atoms with Crippen LogP contribution in [-0.2, 0) is 0 Å². The second-order valence-electron chi connectivity index (χ2n) is 6.53. The molecule has 0 saturated carbocycles. The van der Waals surface area contributed by atoms with Gasteiger partial charge < -0.3 is 14.6 Å². The van der Waals surface area contributed by atoms with Gasteiger partial charge in [-0.15, -0.1) is 0 Å². The molecule has 3 aromatic rings. The summed E-state index contributed by atoms with van der Waals surface area (Å²) >= 11 is 0. The van der Waals surface area contributed by atoms with Gasteiger partial charge in [0.25, 0.3) is 11.5 Å². The molecule has 1 N–H and O–H groups in total. The largest absolute Gasteiger partial charge is 0.460 e. The molecule has 0 spiro atoms. The number of rotatable bonds is 4. The van der Waals surface area contributed by atoms with Crippen LogP contribution in [0.2, 0.25) is 0 Å². The maximum Gasteiger partial charge on any atom is 0.316 e. The van der Waals surface area contributed by atoms with Gasteiger partial charge in [-0.3, -0.25) is 14.6 Å². The standard InChI is InChI=1S/C20H19N5O3/c26-18-13-21-12-17(24-18)14-3-1-4-15(11-14)19(27)25-9-5-16(6-10-25)28-20-22-7-2-8-23-20/h1-4,7-8,11-13,16H,5-6,9-10H2,(H,24,26). The fourth-order valence-corrected chi connectivity index (χ4v) is 3.20. The number of carbonyl (C=O) groups is 1. The van der Waals surface area contributed by atoms with Gasteiger partial charge in [-0.05, 0) is 18.2 Å². The van der Waals surface area contributed by atoms with Gasteiger partial charge in [0.15, 0.2) is 0 Å². The van der Waals surface area contributed by atoms with E-state index in [4.69, 9.17) is 4.74 Å². The minimum Gasteiger partial charge on any atom is -0.460 e. The van der Waals surface area contributed by atoms with Crippen LogP contribution in [0.3, 0.4) is 0 Å². The summed E-state index contributed by atoms with van der Waals surface area (Å²) in [7, 11) is 0. The summed E-state index contributed by atoms with van der Waals surface area (Å²) < 4.78 is 5.78. The van der Waals surface area contributed by atoms with Crippen LogP contribution >= 0.6 is 0 Å². The second-order valence-corrected chi connectivity index (χ2v) is 6.53. The molecule has 1 amide bonds. The SMILES string of the molecule is O=C(c1cccc(-c2cncc(=O)[nH]2)c1)N1CCC(Oc2ncccn2)CC1. The van der Waals surface area contributed by atoms with Crippen molar-refractivity contribution in [2.75, 3.05) is 13.1 Å². The third kappa shape index (κ3) is 4.06. The zero-order valence-corrected chi connectivity index (χ0v) is 15.1. The lowest BCUT2D eigenvalue weighted by atomic mass is 10.0. The molecular formula is C20H19N5O3. The number of benzene rings is 1. The van der Waals surface area contributed by atoms with Gasteiger partial charge in [0.1, 0.15) is 6.10 Å². The smallest absolute Gasteiger partial charge is 0.316 e. The Balaban J connectivity index is 1.41. The number of H-pyrrole nitrogens is 1. The highest BCUT2D eigenvalue weighted by molar-refractivity contribution is 5.95. The van der Waals surface area contributed by atoms with E-state index in [0.717, 1.165) is 18.4 Å². The lowest BCUT2D eigenvalue weighted by molar-refractivity contribution is 0.0578. The molecule has 28 heavy (non-hydrogen) atoms. The number of hydrogen-bond donors (Lipinski definition) is 1. The Hall–Kier alpha value is -3.55. The Kier molecular flexibility index (Phi) is 5.09. The topological polar surface area (TPSA) is 101 Å². The summed E-state index contributed by atoms with van der Waals surface area (Å²) in [5.74, 6) is -0.0394. The van der Waals surface area contributed by atoms with Crippen LogP contribution in [-0.4, -0.2) is 49.9 Å². The summed E-state index contributed by atoms with van der Waals surface area (Å²) in [5, 5.41) is 0. The van der Waals surface area contributed by atoms with Crippen LogP contribution in [0.1, 0.15) is 23.2 Å². The maximum atomic E-state index is 12.9. The minimum atomic E-state index is -0.279. The highest BCUT2D eigenvalue weighted by Gasteiger charge is 2.25. The van der Waals surface area contributed by atoms with E-state index in [1.807, 2.05) is 11.0 Å². The summed E-state index contributed by atoms with van der Waals surface area (Å²) in [4.78, 5) is 41.0. The summed E-state index contributed by atoms with van der Waals surface area (Å²) in [6.45, 7) is 1.20. The van der Waals surface area contributed by atoms with Gasteiger partial charge in [0.05, 0.1) is 18.1 Å². The van der Waals surface area contributed by atoms with Crippen molar-refractivity contribution in [3.8, 4) is 17.3 Å². The average Bonchev–Trinajstić information content (AvgIpc) is 2.75. The molecule has 0 radical (unpaired) electrons. The van der Waals surface area contributed by atoms with E-state index in [-0.39, 0.29) is 17.6 Å². The number of ether oxygens (including phenoxy) is 1. The van der Waals surface area contributed by atoms with E-state index < -0.39 is 0 Å². The number of nitrogens with zero attached hydrogens (tertiary/aromatic N) is 4. The van der Waals surface area contributed by atoms with E-state index in [1.54, 1.807) is 42.9 Å². The third-order valence-electron chi connectivity index (χ3n) is 4.62. The monoisotopic (exact) mass is 377 g/mol. The number of carbonyl (C=O) groups excluding carboxylic acids is 1. The summed E-state index contributed by atoms with van der Waals surface area (Å²) in [6.07, 6.45) is 7.51. The molecule has 0 unspecified atom stereocenters. The molecule has 0 aliphatic carbocycles. The Morgan fingerprint density at radius 3 is 2.64 bits per heavy atom. The van der Waals surface area contributed by atoms with Crippen molar-refractivity contribution in [3.63, 3.8) is 0 Å². The third-order valence-corrected chi connectivity index (χ3v) is 4.62. The molecule has 1 fully saturated rings. The Bertz CT molecular complexity index is 1010. The van der Waals surface area contributed by atoms with Gasteiger partial charge in [0.2, 0.25) is 0 Å². The van der Waals surface area contributed by atoms with Gasteiger partial charge in [-0.1, -0.05) is 12.1 Å². The molecule has 142 valence electrons. The number of amides is 1. The van der Waals surface area contributed by atoms with E-state index in [1.165, 1.54) is 6.20 Å². The summed E-state index contributed by atoms with van der Waals surface area (Å²) in [5.41, 5.74) is 1.62. The molecule has 1 aromatic carbocycles. The number of hydrogen-bond acceptors (Lipinski definition) is 6. The fraction of sp³-hybridized carbons (Fsp3) is 0.250. The van der Waals surface area contributed by atoms with Crippen molar-refractivity contribution in [2.24, 2.45) is 0 Å². The number of nitrogens with one attached hydrogen (secondary N) is 1. The maximum absolute atomic E-state index is 12.9. The molecule has 4 rings (SSSR count). The first-order chi connectivity index (χ1) is 13.7. The Morgan fingerprint density at radius 1 is 1.11 bits per heavy atom. The van der Waals surface area contributed by atoms with Gasteiger partial charge in [-0.2, -0.15) is 0 Å². The lowest BCUT2D eigenvalue weighted by Gasteiger charge is -2.31. The van der Waals surface area contributed by atoms with E-state index >= 15 is 0 Å². The van der Waals surface area contributed by atoms with Crippen molar-refractivity contribution in [3.05, 3.63) is 71.0 Å². The second kappa shape index (κ2) is 7.99. The summed E-state index contributed by atoms with van der Waals surface area (Å²) in [6, 6.07) is 9.30. The van der Waals surface area contributed by atoms with Crippen molar-refractivity contribution < 1.29 is 9.53 Å². The predicted octanol–water partition coefficient (Wildman–Crippen LogP) is 1.91. The van der Waals surface area contributed by atoms with Crippen LogP contribution < -0.4 is 10.3 Å². The Morgan fingerprint density at radius 2 is 1.89 bits per heavy atom. The van der Waals surface area contributed by atoms with Crippen molar-refractivity contribution >= 4 is 5.91 Å². The normalized spacial score (nSPS) is 14.6. The zero-order valence-electron chi connectivity index (χ0n) is 15.1. The molecule has 1 aliphatic heterocycles. The molecule has 8 nitrogen and oxygen atoms in total. The van der Waals surface area contributed by atoms with Crippen LogP contribution in [0.15, 0.2) is 59.9 Å². The van der Waals surface area contributed by atoms with Gasteiger partial charge in [0, 0.05) is 49.5 Å². The average molecular weight is 377 g/mol. The molecule has 0 bridgehead atoms. The number of likely N-dealkylation sites (tertiary alicyclic amines) is 1. The molecular weight excluding hydrogens is 358 g/mol. The highest BCUT2D eigenvalue weighted by Crippen LogP contribution is 2.20. The minimum absolute atomic E-state index is 0.00162. The first-order valence-corrected chi connectivity index (χ1v) is 9.07. The zero-order chi connectivity index (χ0) is 19.3. The first-order valence-electron chi connectivity index (χ1n) is 9.07. The van der Waals surface area contributed by atoms with E-state index in [2.05, 4.69) is 19.9 Å². The molecule has 1 saturated heterocycles. The molecule has 1 aliphatic rings.